The topological polar surface area (TPSA) is 130 Å². The van der Waals surface area contributed by atoms with Gasteiger partial charge in [0.2, 0.25) is 5.91 Å². The minimum absolute atomic E-state index is 0.0419. The number of aromatic nitrogens is 2. The number of carboxylic acid groups (broad SMARTS) is 1. The zero-order chi connectivity index (χ0) is 13.7. The summed E-state index contributed by atoms with van der Waals surface area (Å²) in [6.07, 6.45) is 1.55. The second kappa shape index (κ2) is 6.12. The highest BCUT2D eigenvalue weighted by Gasteiger charge is 2.18. The van der Waals surface area contributed by atoms with Crippen LogP contribution in [0.5, 0.6) is 0 Å². The largest absolute Gasteiger partial charge is 0.479 e. The van der Waals surface area contributed by atoms with Crippen molar-refractivity contribution in [1.29, 1.82) is 0 Å². The molecule has 100 valence electrons. The fraction of sp³-hybridized carbons (Fsp3) is 0.500. The minimum atomic E-state index is -1.49. The Morgan fingerprint density at radius 3 is 2.78 bits per heavy atom. The highest BCUT2D eigenvalue weighted by atomic mass is 16.4. The molecule has 0 aliphatic heterocycles. The smallest absolute Gasteiger partial charge is 0.332 e. The van der Waals surface area contributed by atoms with Crippen LogP contribution in [0.2, 0.25) is 0 Å². The molecule has 1 unspecified atom stereocenters. The quantitative estimate of drug-likeness (QED) is 0.483. The van der Waals surface area contributed by atoms with Gasteiger partial charge < -0.3 is 21.3 Å². The number of hydrogen-bond donors (Lipinski definition) is 4. The fourth-order valence-corrected chi connectivity index (χ4v) is 1.32. The van der Waals surface area contributed by atoms with Crippen LogP contribution in [0.4, 0.5) is 0 Å². The maximum atomic E-state index is 11.6. The van der Waals surface area contributed by atoms with Crippen LogP contribution in [-0.4, -0.2) is 44.5 Å². The predicted octanol–water partition coefficient (Wildman–Crippen LogP) is -1.63. The van der Waals surface area contributed by atoms with Gasteiger partial charge in [-0.15, -0.1) is 0 Å². The van der Waals surface area contributed by atoms with Crippen LogP contribution < -0.4 is 11.1 Å². The Hall–Kier alpha value is -1.93. The van der Waals surface area contributed by atoms with Crippen molar-refractivity contribution in [3.8, 4) is 0 Å². The van der Waals surface area contributed by atoms with Gasteiger partial charge in [-0.3, -0.25) is 9.48 Å². The molecular weight excluding hydrogens is 240 g/mol. The first-order chi connectivity index (χ1) is 8.41. The van der Waals surface area contributed by atoms with Crippen molar-refractivity contribution in [3.63, 3.8) is 0 Å². The first-order valence-electron chi connectivity index (χ1n) is 5.34. The van der Waals surface area contributed by atoms with E-state index in [4.69, 9.17) is 15.9 Å². The molecule has 2 atom stereocenters. The molecule has 0 spiro atoms. The fourth-order valence-electron chi connectivity index (χ4n) is 1.32. The van der Waals surface area contributed by atoms with Gasteiger partial charge in [0, 0.05) is 31.8 Å². The molecule has 8 heteroatoms. The number of carboxylic acids is 1. The number of carbonyl (C=O) groups excluding carboxylic acids is 1. The van der Waals surface area contributed by atoms with Gasteiger partial charge >= 0.3 is 5.97 Å². The molecule has 0 saturated heterocycles. The van der Waals surface area contributed by atoms with Gasteiger partial charge in [0.25, 0.3) is 0 Å². The van der Waals surface area contributed by atoms with Gasteiger partial charge in [0.05, 0.1) is 6.20 Å². The molecule has 0 fully saturated rings. The second-order valence-electron chi connectivity index (χ2n) is 3.86. The van der Waals surface area contributed by atoms with Crippen LogP contribution in [0.1, 0.15) is 18.0 Å². The Balaban J connectivity index is 2.39. The van der Waals surface area contributed by atoms with Crippen LogP contribution in [0.3, 0.4) is 0 Å². The number of carbonyl (C=O) groups is 2. The molecule has 8 nitrogen and oxygen atoms in total. The lowest BCUT2D eigenvalue weighted by Crippen LogP contribution is -2.36. The van der Waals surface area contributed by atoms with E-state index >= 15 is 0 Å². The summed E-state index contributed by atoms with van der Waals surface area (Å²) in [6, 6.07) is -0.860. The Morgan fingerprint density at radius 2 is 2.28 bits per heavy atom. The lowest BCUT2D eigenvalue weighted by molar-refractivity contribution is -0.147. The Kier molecular flexibility index (Phi) is 4.81. The van der Waals surface area contributed by atoms with Gasteiger partial charge in [-0.25, -0.2) is 4.79 Å². The van der Waals surface area contributed by atoms with Crippen molar-refractivity contribution in [3.05, 3.63) is 18.0 Å². The molecule has 5 N–H and O–H groups in total. The number of hydrogen-bond acceptors (Lipinski definition) is 5. The number of aryl methyl sites for hydroxylation is 1. The molecule has 0 aromatic carbocycles. The summed E-state index contributed by atoms with van der Waals surface area (Å²) in [5.74, 6) is -1.76. The van der Waals surface area contributed by atoms with E-state index in [0.717, 1.165) is 0 Å². The number of aliphatic hydroxyl groups is 1. The molecule has 1 amide bonds. The third-order valence-corrected chi connectivity index (χ3v) is 2.37. The van der Waals surface area contributed by atoms with E-state index < -0.39 is 24.0 Å². The van der Waals surface area contributed by atoms with Crippen molar-refractivity contribution in [2.24, 2.45) is 12.8 Å². The summed E-state index contributed by atoms with van der Waals surface area (Å²) in [7, 11) is 1.71. The Labute approximate surface area is 103 Å². The van der Waals surface area contributed by atoms with E-state index in [1.165, 1.54) is 10.9 Å². The van der Waals surface area contributed by atoms with Crippen LogP contribution in [-0.2, 0) is 16.6 Å². The molecule has 1 aromatic rings. The Morgan fingerprint density at radius 1 is 1.61 bits per heavy atom. The summed E-state index contributed by atoms with van der Waals surface area (Å²) >= 11 is 0. The van der Waals surface area contributed by atoms with Crippen LogP contribution in [0, 0.1) is 0 Å². The Bertz CT molecular complexity index is 431. The summed E-state index contributed by atoms with van der Waals surface area (Å²) in [5, 5.41) is 23.8. The number of amides is 1. The maximum Gasteiger partial charge on any atom is 0.332 e. The van der Waals surface area contributed by atoms with Gasteiger partial charge in [-0.05, 0) is 0 Å². The molecule has 18 heavy (non-hydrogen) atoms. The summed E-state index contributed by atoms with van der Waals surface area (Å²) in [6.45, 7) is 0.0419. The number of nitrogens with zero attached hydrogens (tertiary/aromatic N) is 2. The van der Waals surface area contributed by atoms with Gasteiger partial charge in [0.1, 0.15) is 6.04 Å². The van der Waals surface area contributed by atoms with Gasteiger partial charge in [-0.2, -0.15) is 5.10 Å². The zero-order valence-corrected chi connectivity index (χ0v) is 9.91. The average molecular weight is 256 g/mol. The molecule has 1 heterocycles. The minimum Gasteiger partial charge on any atom is -0.479 e. The van der Waals surface area contributed by atoms with Crippen LogP contribution >= 0.6 is 0 Å². The zero-order valence-electron chi connectivity index (χ0n) is 9.91. The average Bonchev–Trinajstić information content (AvgIpc) is 2.74. The molecule has 0 saturated carbocycles. The maximum absolute atomic E-state index is 11.6. The molecule has 0 bridgehead atoms. The van der Waals surface area contributed by atoms with E-state index in [0.29, 0.717) is 5.56 Å². The van der Waals surface area contributed by atoms with Crippen molar-refractivity contribution < 1.29 is 19.8 Å². The summed E-state index contributed by atoms with van der Waals surface area (Å²) < 4.78 is 1.52. The number of rotatable bonds is 6. The van der Waals surface area contributed by atoms with E-state index in [1.807, 2.05) is 0 Å². The second-order valence-corrected chi connectivity index (χ2v) is 3.86. The highest BCUT2D eigenvalue weighted by molar-refractivity contribution is 5.82. The van der Waals surface area contributed by atoms with Crippen LogP contribution in [0.15, 0.2) is 12.4 Å². The lowest BCUT2D eigenvalue weighted by Gasteiger charge is -2.11. The van der Waals surface area contributed by atoms with Gasteiger partial charge in [-0.1, -0.05) is 0 Å². The molecule has 1 aromatic heterocycles. The predicted molar refractivity (Wildman–Crippen MR) is 61.4 cm³/mol. The monoisotopic (exact) mass is 256 g/mol. The first-order valence-corrected chi connectivity index (χ1v) is 5.34. The summed E-state index contributed by atoms with van der Waals surface area (Å²) in [4.78, 5) is 21.9. The van der Waals surface area contributed by atoms with Crippen molar-refractivity contribution in [1.82, 2.24) is 15.1 Å². The standard InChI is InChI=1S/C10H16N4O4/c1-14-5-6(4-13-14)8(11)9(16)12-3-2-7(15)10(17)18/h4-5,7-8,15H,2-3,11H2,1H3,(H,12,16)(H,17,18)/t7-,8?/m0/s1. The third-order valence-electron chi connectivity index (χ3n) is 2.37. The van der Waals surface area contributed by atoms with Crippen molar-refractivity contribution >= 4 is 11.9 Å². The number of aliphatic hydroxyl groups excluding tert-OH is 1. The molecule has 0 radical (unpaired) electrons. The number of aliphatic carboxylic acids is 1. The van der Waals surface area contributed by atoms with E-state index in [1.54, 1.807) is 13.2 Å². The van der Waals surface area contributed by atoms with Crippen LogP contribution in [0.25, 0.3) is 0 Å². The highest BCUT2D eigenvalue weighted by Crippen LogP contribution is 2.08. The molecule has 0 aliphatic rings. The molecule has 0 aliphatic carbocycles. The van der Waals surface area contributed by atoms with Gasteiger partial charge in [0.15, 0.2) is 6.10 Å². The molecular formula is C10H16N4O4. The lowest BCUT2D eigenvalue weighted by atomic mass is 10.1. The molecule has 1 rings (SSSR count). The SMILES string of the molecule is Cn1cc(C(N)C(=O)NCC[C@H](O)C(=O)O)cn1. The summed E-state index contributed by atoms with van der Waals surface area (Å²) in [5.41, 5.74) is 6.25. The van der Waals surface area contributed by atoms with Crippen molar-refractivity contribution in [2.45, 2.75) is 18.6 Å². The van der Waals surface area contributed by atoms with Crippen molar-refractivity contribution in [2.75, 3.05) is 6.54 Å². The van der Waals surface area contributed by atoms with E-state index in [2.05, 4.69) is 10.4 Å². The first kappa shape index (κ1) is 14.1. The third kappa shape index (κ3) is 3.82. The number of nitrogens with two attached hydrogens (primary N) is 1. The normalized spacial score (nSPS) is 13.9. The van der Waals surface area contributed by atoms with E-state index in [-0.39, 0.29) is 13.0 Å². The van der Waals surface area contributed by atoms with E-state index in [9.17, 15) is 9.59 Å². The number of nitrogens with one attached hydrogen (secondary N) is 1.